The van der Waals surface area contributed by atoms with Gasteiger partial charge in [-0.25, -0.2) is 0 Å². The van der Waals surface area contributed by atoms with Crippen LogP contribution in [-0.4, -0.2) is 0 Å². The van der Waals surface area contributed by atoms with Gasteiger partial charge in [-0.15, -0.1) is 0 Å². The fraction of sp³-hybridized carbons (Fsp3) is 0.351. The van der Waals surface area contributed by atoms with Crippen LogP contribution in [0, 0.1) is 0 Å². The Bertz CT molecular complexity index is 1220. The summed E-state index contributed by atoms with van der Waals surface area (Å²) in [5, 5.41) is 0. The summed E-state index contributed by atoms with van der Waals surface area (Å²) in [6.45, 7) is 19.8. The second-order valence-corrected chi connectivity index (χ2v) is 13.6. The molecule has 4 rings (SSSR count). The lowest BCUT2D eigenvalue weighted by Gasteiger charge is -2.34. The highest BCUT2D eigenvalue weighted by Gasteiger charge is 2.42. The molecule has 40 heavy (non-hydrogen) atoms. The van der Waals surface area contributed by atoms with Gasteiger partial charge in [0.2, 0.25) is 0 Å². The van der Waals surface area contributed by atoms with Crippen molar-refractivity contribution in [1.29, 1.82) is 0 Å². The highest BCUT2D eigenvalue weighted by atomic mass is 16.9. The molecule has 4 aromatic rings. The molecule has 0 aliphatic rings. The quantitative estimate of drug-likeness (QED) is 0.220. The smallest absolute Gasteiger partial charge is 0.417 e. The van der Waals surface area contributed by atoms with Crippen molar-refractivity contribution in [2.24, 2.45) is 0 Å². The van der Waals surface area contributed by atoms with Crippen LogP contribution >= 0.6 is 0 Å². The Morgan fingerprint density at radius 3 is 0.850 bits per heavy atom. The summed E-state index contributed by atoms with van der Waals surface area (Å²) in [4.78, 5) is 0. The third-order valence-corrected chi connectivity index (χ3v) is 7.05. The summed E-state index contributed by atoms with van der Waals surface area (Å²) in [6, 6.07) is 34.3. The van der Waals surface area contributed by atoms with E-state index in [2.05, 4.69) is 98.7 Å². The van der Waals surface area contributed by atoms with Crippen LogP contribution in [0.5, 0.6) is 17.2 Å². The Morgan fingerprint density at radius 2 is 0.600 bits per heavy atom. The van der Waals surface area contributed by atoms with Crippen LogP contribution in [0.2, 0.25) is 0 Å². The standard InChI is InChI=1S/C37H44O3/c1-34(2,3)27-15-21-31(22-16-27)38-37(30-13-11-10-12-14-30,39-32-23-17-28(18-24-32)35(4,5)6)40-33-25-19-29(20-26-33)36(7,8)9/h10-26H,1-9H3. The third kappa shape index (κ3) is 7.07. The molecule has 210 valence electrons. The lowest BCUT2D eigenvalue weighted by molar-refractivity contribution is -0.263. The average molecular weight is 537 g/mol. The largest absolute Gasteiger partial charge is 0.447 e. The van der Waals surface area contributed by atoms with E-state index in [-0.39, 0.29) is 16.2 Å². The van der Waals surface area contributed by atoms with E-state index in [0.29, 0.717) is 17.2 Å². The molecule has 0 fully saturated rings. The van der Waals surface area contributed by atoms with Crippen molar-refractivity contribution in [3.8, 4) is 17.2 Å². The predicted molar refractivity (Wildman–Crippen MR) is 165 cm³/mol. The minimum atomic E-state index is -1.57. The van der Waals surface area contributed by atoms with E-state index in [9.17, 15) is 0 Å². The molecule has 0 atom stereocenters. The van der Waals surface area contributed by atoms with Crippen LogP contribution in [-0.2, 0) is 22.2 Å². The van der Waals surface area contributed by atoms with E-state index in [1.54, 1.807) is 0 Å². The van der Waals surface area contributed by atoms with Gasteiger partial charge in [-0.3, -0.25) is 0 Å². The zero-order chi connectivity index (χ0) is 29.2. The van der Waals surface area contributed by atoms with E-state index in [4.69, 9.17) is 14.2 Å². The van der Waals surface area contributed by atoms with Gasteiger partial charge in [0.15, 0.2) is 0 Å². The Morgan fingerprint density at radius 1 is 0.325 bits per heavy atom. The molecule has 0 aliphatic carbocycles. The molecule has 0 saturated heterocycles. The zero-order valence-corrected chi connectivity index (χ0v) is 25.5. The van der Waals surface area contributed by atoms with Gasteiger partial charge in [0.05, 0.1) is 5.56 Å². The summed E-state index contributed by atoms with van der Waals surface area (Å²) < 4.78 is 20.1. The van der Waals surface area contributed by atoms with Crippen LogP contribution in [0.3, 0.4) is 0 Å². The maximum Gasteiger partial charge on any atom is 0.447 e. The first kappa shape index (κ1) is 29.3. The first-order valence-corrected chi connectivity index (χ1v) is 14.1. The number of ether oxygens (including phenoxy) is 3. The lowest BCUT2D eigenvalue weighted by Crippen LogP contribution is -2.45. The molecule has 0 unspecified atom stereocenters. The van der Waals surface area contributed by atoms with Crippen LogP contribution in [0.15, 0.2) is 103 Å². The minimum Gasteiger partial charge on any atom is -0.417 e. The van der Waals surface area contributed by atoms with Crippen LogP contribution in [0.25, 0.3) is 0 Å². The van der Waals surface area contributed by atoms with Gasteiger partial charge in [0.1, 0.15) is 17.2 Å². The highest BCUT2D eigenvalue weighted by molar-refractivity contribution is 5.37. The summed E-state index contributed by atoms with van der Waals surface area (Å²) in [7, 11) is 0. The van der Waals surface area contributed by atoms with E-state index in [1.165, 1.54) is 16.7 Å². The van der Waals surface area contributed by atoms with Crippen molar-refractivity contribution in [1.82, 2.24) is 0 Å². The number of rotatable bonds is 7. The van der Waals surface area contributed by atoms with E-state index in [0.717, 1.165) is 5.56 Å². The molecule has 0 bridgehead atoms. The number of hydrogen-bond donors (Lipinski definition) is 0. The van der Waals surface area contributed by atoms with E-state index < -0.39 is 5.97 Å². The molecular weight excluding hydrogens is 492 g/mol. The molecule has 0 spiro atoms. The predicted octanol–water partition coefficient (Wildman–Crippen LogP) is 9.93. The van der Waals surface area contributed by atoms with E-state index in [1.807, 2.05) is 66.7 Å². The van der Waals surface area contributed by atoms with Gasteiger partial charge >= 0.3 is 5.97 Å². The molecule has 0 heterocycles. The SMILES string of the molecule is CC(C)(C)c1ccc(OC(Oc2ccc(C(C)(C)C)cc2)(Oc2ccc(C(C)(C)C)cc2)c2ccccc2)cc1. The molecule has 0 saturated carbocycles. The maximum absolute atomic E-state index is 6.71. The van der Waals surface area contributed by atoms with Crippen molar-refractivity contribution in [2.75, 3.05) is 0 Å². The number of hydrogen-bond acceptors (Lipinski definition) is 3. The minimum absolute atomic E-state index is 0.0334. The zero-order valence-electron chi connectivity index (χ0n) is 25.5. The second-order valence-electron chi connectivity index (χ2n) is 13.6. The summed E-state index contributed by atoms with van der Waals surface area (Å²) in [5.74, 6) is 0.371. The van der Waals surface area contributed by atoms with Gasteiger partial charge in [0, 0.05) is 0 Å². The Hall–Kier alpha value is -3.72. The summed E-state index contributed by atoms with van der Waals surface area (Å²) in [6.07, 6.45) is 0. The van der Waals surface area contributed by atoms with E-state index >= 15 is 0 Å². The molecule has 0 amide bonds. The molecule has 0 N–H and O–H groups in total. The summed E-state index contributed by atoms with van der Waals surface area (Å²) >= 11 is 0. The van der Waals surface area contributed by atoms with Gasteiger partial charge in [-0.05, 0) is 81.5 Å². The highest BCUT2D eigenvalue weighted by Crippen LogP contribution is 2.37. The van der Waals surface area contributed by atoms with Crippen molar-refractivity contribution in [3.63, 3.8) is 0 Å². The molecule has 0 aromatic heterocycles. The van der Waals surface area contributed by atoms with Crippen LogP contribution in [0.1, 0.15) is 84.6 Å². The Labute approximate surface area is 241 Å². The first-order chi connectivity index (χ1) is 18.7. The molecular formula is C37H44O3. The second kappa shape index (κ2) is 11.0. The molecule has 4 aromatic carbocycles. The normalized spacial score (nSPS) is 12.6. The fourth-order valence-electron chi connectivity index (χ4n) is 4.42. The Balaban J connectivity index is 1.80. The van der Waals surface area contributed by atoms with Crippen molar-refractivity contribution < 1.29 is 14.2 Å². The first-order valence-electron chi connectivity index (χ1n) is 14.1. The van der Waals surface area contributed by atoms with Crippen molar-refractivity contribution >= 4 is 0 Å². The molecule has 3 heteroatoms. The summed E-state index contributed by atoms with van der Waals surface area (Å²) in [5.41, 5.74) is 4.52. The van der Waals surface area contributed by atoms with Gasteiger partial charge in [-0.1, -0.05) is 117 Å². The van der Waals surface area contributed by atoms with Gasteiger partial charge in [-0.2, -0.15) is 0 Å². The van der Waals surface area contributed by atoms with Crippen molar-refractivity contribution in [2.45, 2.75) is 84.5 Å². The number of benzene rings is 4. The van der Waals surface area contributed by atoms with Crippen molar-refractivity contribution in [3.05, 3.63) is 125 Å². The van der Waals surface area contributed by atoms with Gasteiger partial charge in [0.25, 0.3) is 0 Å². The molecule has 0 radical (unpaired) electrons. The van der Waals surface area contributed by atoms with Crippen LogP contribution < -0.4 is 14.2 Å². The fourth-order valence-corrected chi connectivity index (χ4v) is 4.42. The Kier molecular flexibility index (Phi) is 8.08. The average Bonchev–Trinajstić information content (AvgIpc) is 2.88. The molecule has 0 aliphatic heterocycles. The third-order valence-electron chi connectivity index (χ3n) is 7.05. The maximum atomic E-state index is 6.71. The topological polar surface area (TPSA) is 27.7 Å². The lowest BCUT2D eigenvalue weighted by atomic mass is 9.87. The van der Waals surface area contributed by atoms with Gasteiger partial charge < -0.3 is 14.2 Å². The monoisotopic (exact) mass is 536 g/mol. The van der Waals surface area contributed by atoms with Crippen LogP contribution in [0.4, 0.5) is 0 Å². The molecule has 3 nitrogen and oxygen atoms in total.